The molecule has 1 saturated carbocycles. The second kappa shape index (κ2) is 7.25. The van der Waals surface area contributed by atoms with Crippen LogP contribution in [0.2, 0.25) is 0 Å². The number of aliphatic hydroxyl groups excluding tert-OH is 1. The molecule has 16 heavy (non-hydrogen) atoms. The highest BCUT2D eigenvalue weighted by Gasteiger charge is 2.31. The van der Waals surface area contributed by atoms with Crippen molar-refractivity contribution in [2.24, 2.45) is 5.41 Å². The molecular formula is C13H27NO2. The Bertz CT molecular complexity index is 177. The molecule has 0 aromatic carbocycles. The average Bonchev–Trinajstić information content (AvgIpc) is 2.52. The molecule has 0 aromatic rings. The normalized spacial score (nSPS) is 21.0. The summed E-state index contributed by atoms with van der Waals surface area (Å²) < 4.78 is 5.09. The van der Waals surface area contributed by atoms with Gasteiger partial charge >= 0.3 is 0 Å². The number of aliphatic hydroxyl groups is 1. The van der Waals surface area contributed by atoms with E-state index in [1.165, 1.54) is 38.5 Å². The molecule has 0 amide bonds. The third kappa shape index (κ3) is 4.40. The summed E-state index contributed by atoms with van der Waals surface area (Å²) in [6, 6.07) is 0. The van der Waals surface area contributed by atoms with Crippen LogP contribution in [0.25, 0.3) is 0 Å². The Labute approximate surface area is 99.8 Å². The Balaban J connectivity index is 2.43. The summed E-state index contributed by atoms with van der Waals surface area (Å²) in [5, 5.41) is 9.68. The summed E-state index contributed by atoms with van der Waals surface area (Å²) in [6.45, 7) is 3.08. The molecule has 0 spiro atoms. The molecule has 1 aliphatic rings. The van der Waals surface area contributed by atoms with Gasteiger partial charge in [0.05, 0.1) is 6.61 Å². The van der Waals surface area contributed by atoms with Crippen LogP contribution < -0.4 is 0 Å². The zero-order valence-electron chi connectivity index (χ0n) is 10.9. The van der Waals surface area contributed by atoms with E-state index in [2.05, 4.69) is 11.9 Å². The Hall–Kier alpha value is -0.120. The van der Waals surface area contributed by atoms with Gasteiger partial charge in [-0.1, -0.05) is 25.7 Å². The lowest BCUT2D eigenvalue weighted by Gasteiger charge is -2.35. The van der Waals surface area contributed by atoms with Crippen LogP contribution in [-0.2, 0) is 4.74 Å². The van der Waals surface area contributed by atoms with Gasteiger partial charge in [-0.2, -0.15) is 0 Å². The largest absolute Gasteiger partial charge is 0.396 e. The van der Waals surface area contributed by atoms with Crippen LogP contribution in [0.5, 0.6) is 0 Å². The Morgan fingerprint density at radius 3 is 2.31 bits per heavy atom. The first-order valence-electron chi connectivity index (χ1n) is 6.51. The molecule has 0 heterocycles. The molecular weight excluding hydrogens is 202 g/mol. The van der Waals surface area contributed by atoms with Crippen LogP contribution in [0, 0.1) is 5.41 Å². The van der Waals surface area contributed by atoms with E-state index in [9.17, 15) is 5.11 Å². The van der Waals surface area contributed by atoms with Crippen molar-refractivity contribution in [3.8, 4) is 0 Å². The monoisotopic (exact) mass is 229 g/mol. The van der Waals surface area contributed by atoms with Crippen LogP contribution >= 0.6 is 0 Å². The van der Waals surface area contributed by atoms with Crippen LogP contribution in [0.1, 0.15) is 38.5 Å². The van der Waals surface area contributed by atoms with Crippen molar-refractivity contribution >= 4 is 0 Å². The van der Waals surface area contributed by atoms with E-state index in [0.717, 1.165) is 19.7 Å². The predicted octanol–water partition coefficient (Wildman–Crippen LogP) is 1.90. The highest BCUT2D eigenvalue weighted by molar-refractivity contribution is 4.83. The summed E-state index contributed by atoms with van der Waals surface area (Å²) in [5.74, 6) is 0. The molecule has 96 valence electrons. The maximum absolute atomic E-state index is 9.68. The number of ether oxygens (including phenoxy) is 1. The van der Waals surface area contributed by atoms with E-state index < -0.39 is 0 Å². The highest BCUT2D eigenvalue weighted by atomic mass is 16.5. The van der Waals surface area contributed by atoms with E-state index in [4.69, 9.17) is 4.74 Å². The molecule has 0 bridgehead atoms. The smallest absolute Gasteiger partial charge is 0.0589 e. The molecule has 0 radical (unpaired) electrons. The minimum Gasteiger partial charge on any atom is -0.396 e. The standard InChI is InChI=1S/C13H27NO2/c1-14(9-10-16-2)11-13(12-15)7-5-3-4-6-8-13/h15H,3-12H2,1-2H3. The minimum atomic E-state index is 0.152. The molecule has 1 fully saturated rings. The van der Waals surface area contributed by atoms with E-state index in [1.54, 1.807) is 7.11 Å². The second-order valence-electron chi connectivity index (χ2n) is 5.30. The number of rotatable bonds is 6. The van der Waals surface area contributed by atoms with Crippen LogP contribution in [0.3, 0.4) is 0 Å². The van der Waals surface area contributed by atoms with Crippen molar-refractivity contribution in [2.75, 3.05) is 40.5 Å². The molecule has 3 nitrogen and oxygen atoms in total. The summed E-state index contributed by atoms with van der Waals surface area (Å²) in [4.78, 5) is 2.30. The second-order valence-corrected chi connectivity index (χ2v) is 5.30. The van der Waals surface area contributed by atoms with Crippen molar-refractivity contribution in [3.05, 3.63) is 0 Å². The fraction of sp³-hybridized carbons (Fsp3) is 1.00. The predicted molar refractivity (Wildman–Crippen MR) is 66.6 cm³/mol. The first-order chi connectivity index (χ1) is 7.72. The lowest BCUT2D eigenvalue weighted by atomic mass is 9.80. The number of hydrogen-bond acceptors (Lipinski definition) is 3. The van der Waals surface area contributed by atoms with Crippen LogP contribution in [-0.4, -0.2) is 50.5 Å². The number of likely N-dealkylation sites (N-methyl/N-ethyl adjacent to an activating group) is 1. The van der Waals surface area contributed by atoms with E-state index >= 15 is 0 Å². The highest BCUT2D eigenvalue weighted by Crippen LogP contribution is 2.35. The fourth-order valence-corrected chi connectivity index (χ4v) is 2.74. The maximum atomic E-state index is 9.68. The molecule has 0 aromatic heterocycles. The molecule has 0 unspecified atom stereocenters. The molecule has 0 saturated heterocycles. The zero-order valence-corrected chi connectivity index (χ0v) is 10.9. The van der Waals surface area contributed by atoms with Crippen molar-refractivity contribution in [1.82, 2.24) is 4.90 Å². The number of nitrogens with zero attached hydrogens (tertiary/aromatic N) is 1. The topological polar surface area (TPSA) is 32.7 Å². The van der Waals surface area contributed by atoms with Gasteiger partial charge in [0.25, 0.3) is 0 Å². The van der Waals surface area contributed by atoms with Gasteiger partial charge in [-0.15, -0.1) is 0 Å². The minimum absolute atomic E-state index is 0.152. The van der Waals surface area contributed by atoms with Gasteiger partial charge in [0.2, 0.25) is 0 Å². The summed E-state index contributed by atoms with van der Waals surface area (Å²) in [7, 11) is 3.86. The van der Waals surface area contributed by atoms with Gasteiger partial charge in [0, 0.05) is 32.2 Å². The van der Waals surface area contributed by atoms with Crippen molar-refractivity contribution in [2.45, 2.75) is 38.5 Å². The van der Waals surface area contributed by atoms with Gasteiger partial charge in [0.1, 0.15) is 0 Å². The third-order valence-electron chi connectivity index (χ3n) is 3.78. The quantitative estimate of drug-likeness (QED) is 0.706. The van der Waals surface area contributed by atoms with Crippen LogP contribution in [0.15, 0.2) is 0 Å². The molecule has 0 atom stereocenters. The molecule has 0 aliphatic heterocycles. The summed E-state index contributed by atoms with van der Waals surface area (Å²) in [5.41, 5.74) is 0.152. The average molecular weight is 229 g/mol. The van der Waals surface area contributed by atoms with Crippen molar-refractivity contribution < 1.29 is 9.84 Å². The molecule has 3 heteroatoms. The van der Waals surface area contributed by atoms with E-state index in [-0.39, 0.29) is 5.41 Å². The number of hydrogen-bond donors (Lipinski definition) is 1. The van der Waals surface area contributed by atoms with Crippen molar-refractivity contribution in [1.29, 1.82) is 0 Å². The van der Waals surface area contributed by atoms with E-state index in [0.29, 0.717) is 6.61 Å². The Morgan fingerprint density at radius 1 is 1.19 bits per heavy atom. The molecule has 1 N–H and O–H groups in total. The van der Waals surface area contributed by atoms with Gasteiger partial charge in [-0.05, 0) is 19.9 Å². The molecule has 1 rings (SSSR count). The SMILES string of the molecule is COCCN(C)CC1(CO)CCCCCC1. The molecule has 1 aliphatic carbocycles. The maximum Gasteiger partial charge on any atom is 0.0589 e. The Kier molecular flexibility index (Phi) is 6.32. The lowest BCUT2D eigenvalue weighted by Crippen LogP contribution is -2.39. The van der Waals surface area contributed by atoms with Gasteiger partial charge in [-0.3, -0.25) is 0 Å². The summed E-state index contributed by atoms with van der Waals surface area (Å²) in [6.07, 6.45) is 7.59. The number of methoxy groups -OCH3 is 1. The van der Waals surface area contributed by atoms with Gasteiger partial charge in [0.15, 0.2) is 0 Å². The first-order valence-corrected chi connectivity index (χ1v) is 6.51. The third-order valence-corrected chi connectivity index (χ3v) is 3.78. The van der Waals surface area contributed by atoms with E-state index in [1.807, 2.05) is 0 Å². The Morgan fingerprint density at radius 2 is 1.81 bits per heavy atom. The van der Waals surface area contributed by atoms with Crippen molar-refractivity contribution in [3.63, 3.8) is 0 Å². The first kappa shape index (κ1) is 13.9. The fourth-order valence-electron chi connectivity index (χ4n) is 2.74. The van der Waals surface area contributed by atoms with Gasteiger partial charge < -0.3 is 14.7 Å². The van der Waals surface area contributed by atoms with Crippen LogP contribution in [0.4, 0.5) is 0 Å². The lowest BCUT2D eigenvalue weighted by molar-refractivity contribution is 0.0583. The van der Waals surface area contributed by atoms with Gasteiger partial charge in [-0.25, -0.2) is 0 Å². The summed E-state index contributed by atoms with van der Waals surface area (Å²) >= 11 is 0. The zero-order chi connectivity index (χ0) is 11.9.